The van der Waals surface area contributed by atoms with E-state index in [-0.39, 0.29) is 11.7 Å². The Balaban J connectivity index is 2.15. The zero-order chi connectivity index (χ0) is 14.4. The van der Waals surface area contributed by atoms with Gasteiger partial charge in [0.25, 0.3) is 11.6 Å². The van der Waals surface area contributed by atoms with E-state index in [1.165, 1.54) is 17.9 Å². The van der Waals surface area contributed by atoms with Crippen LogP contribution in [0.2, 0.25) is 0 Å². The molecule has 0 bridgehead atoms. The van der Waals surface area contributed by atoms with E-state index in [2.05, 4.69) is 11.6 Å². The van der Waals surface area contributed by atoms with Crippen molar-refractivity contribution in [2.45, 2.75) is 12.6 Å². The summed E-state index contributed by atoms with van der Waals surface area (Å²) in [7, 11) is 3.02. The lowest BCUT2D eigenvalue weighted by molar-refractivity contribution is 0.116. The second-order valence-electron chi connectivity index (χ2n) is 4.62. The molecule has 0 aliphatic carbocycles. The van der Waals surface area contributed by atoms with Crippen molar-refractivity contribution in [1.82, 2.24) is 18.7 Å². The highest BCUT2D eigenvalue weighted by Crippen LogP contribution is 2.25. The molecule has 0 radical (unpaired) electrons. The van der Waals surface area contributed by atoms with Crippen LogP contribution >= 0.6 is 0 Å². The van der Waals surface area contributed by atoms with Gasteiger partial charge in [-0.2, -0.15) is 4.98 Å². The number of hydrogen-bond acceptors (Lipinski definition) is 5. The minimum absolute atomic E-state index is 0.221. The first kappa shape index (κ1) is 12.5. The van der Waals surface area contributed by atoms with Gasteiger partial charge in [-0.3, -0.25) is 18.5 Å². The van der Waals surface area contributed by atoms with Gasteiger partial charge in [0, 0.05) is 14.1 Å². The third-order valence-corrected chi connectivity index (χ3v) is 3.37. The smallest absolute Gasteiger partial charge is 0.332 e. The summed E-state index contributed by atoms with van der Waals surface area (Å²) >= 11 is 0. The number of aryl methyl sites for hydroxylation is 1. The fraction of sp³-hybridized carbons (Fsp3) is 0.417. The summed E-state index contributed by atoms with van der Waals surface area (Å²) in [5, 5.41) is 0. The molecule has 0 saturated heterocycles. The number of imidazole rings is 1. The van der Waals surface area contributed by atoms with Gasteiger partial charge >= 0.3 is 5.69 Å². The highest BCUT2D eigenvalue weighted by atomic mass is 16.5. The maximum absolute atomic E-state index is 12.2. The van der Waals surface area contributed by atoms with Gasteiger partial charge in [-0.25, -0.2) is 4.79 Å². The molecule has 0 aromatic carbocycles. The van der Waals surface area contributed by atoms with Gasteiger partial charge in [0.2, 0.25) is 0 Å². The van der Waals surface area contributed by atoms with Crippen LogP contribution in [0.4, 0.5) is 0 Å². The molecule has 0 saturated carbocycles. The van der Waals surface area contributed by atoms with Crippen molar-refractivity contribution in [2.24, 2.45) is 14.1 Å². The zero-order valence-electron chi connectivity index (χ0n) is 11.2. The molecule has 1 aliphatic rings. The maximum Gasteiger partial charge on any atom is 0.332 e. The third-order valence-electron chi connectivity index (χ3n) is 3.37. The molecule has 1 aliphatic heterocycles. The second-order valence-corrected chi connectivity index (χ2v) is 4.62. The van der Waals surface area contributed by atoms with E-state index < -0.39 is 5.69 Å². The summed E-state index contributed by atoms with van der Waals surface area (Å²) in [5.74, 6) is 0. The lowest BCUT2D eigenvalue weighted by atomic mass is 10.4. The number of aromatic nitrogens is 4. The SMILES string of the molecule is C=COC[C@H]1Cn2c(nc3c2c(=O)n(C)c(=O)n3C)O1. The molecular formula is C12H14N4O4. The molecule has 8 heteroatoms. The molecule has 3 heterocycles. The lowest BCUT2D eigenvalue weighted by Crippen LogP contribution is -2.37. The van der Waals surface area contributed by atoms with Crippen LogP contribution in [-0.4, -0.2) is 31.4 Å². The first-order valence-electron chi connectivity index (χ1n) is 6.10. The lowest BCUT2D eigenvalue weighted by Gasteiger charge is -2.09. The standard InChI is InChI=1S/C12H14N4O4/c1-4-19-6-7-5-16-8-9(13-11(16)20-7)14(2)12(18)15(3)10(8)17/h4,7H,1,5-6H2,2-3H3/t7-/m1/s1. The maximum atomic E-state index is 12.2. The Hall–Kier alpha value is -2.51. The summed E-state index contributed by atoms with van der Waals surface area (Å²) in [4.78, 5) is 28.3. The molecule has 0 amide bonds. The first-order chi connectivity index (χ1) is 9.54. The number of rotatable bonds is 3. The van der Waals surface area contributed by atoms with E-state index in [0.717, 1.165) is 4.57 Å². The Labute approximate surface area is 113 Å². The minimum Gasteiger partial charge on any atom is -0.498 e. The number of hydrogen-bond donors (Lipinski definition) is 0. The average Bonchev–Trinajstić information content (AvgIpc) is 2.97. The van der Waals surface area contributed by atoms with E-state index in [4.69, 9.17) is 9.47 Å². The molecule has 2 aromatic heterocycles. The summed E-state index contributed by atoms with van der Waals surface area (Å²) in [6, 6.07) is 0.330. The van der Waals surface area contributed by atoms with Crippen molar-refractivity contribution < 1.29 is 9.47 Å². The van der Waals surface area contributed by atoms with Crippen molar-refractivity contribution in [3.8, 4) is 6.01 Å². The highest BCUT2D eigenvalue weighted by Gasteiger charge is 2.29. The zero-order valence-corrected chi connectivity index (χ0v) is 11.2. The molecular weight excluding hydrogens is 264 g/mol. The van der Waals surface area contributed by atoms with Crippen LogP contribution in [0.25, 0.3) is 11.2 Å². The van der Waals surface area contributed by atoms with Gasteiger partial charge in [-0.15, -0.1) is 0 Å². The van der Waals surface area contributed by atoms with E-state index in [9.17, 15) is 9.59 Å². The van der Waals surface area contributed by atoms with Crippen molar-refractivity contribution in [3.63, 3.8) is 0 Å². The molecule has 106 valence electrons. The molecule has 2 aromatic rings. The number of fused-ring (bicyclic) bond motifs is 3. The Morgan fingerprint density at radius 1 is 1.45 bits per heavy atom. The molecule has 20 heavy (non-hydrogen) atoms. The quantitative estimate of drug-likeness (QED) is 0.697. The fourth-order valence-electron chi connectivity index (χ4n) is 2.34. The van der Waals surface area contributed by atoms with Gasteiger partial charge in [-0.1, -0.05) is 6.58 Å². The molecule has 8 nitrogen and oxygen atoms in total. The van der Waals surface area contributed by atoms with Crippen LogP contribution in [0, 0.1) is 0 Å². The largest absolute Gasteiger partial charge is 0.498 e. The van der Waals surface area contributed by atoms with Crippen LogP contribution in [-0.2, 0) is 25.4 Å². The summed E-state index contributed by atoms with van der Waals surface area (Å²) in [6.45, 7) is 4.25. The van der Waals surface area contributed by atoms with E-state index in [0.29, 0.717) is 30.3 Å². The van der Waals surface area contributed by atoms with Crippen molar-refractivity contribution >= 4 is 11.2 Å². The Bertz CT molecular complexity index is 813. The highest BCUT2D eigenvalue weighted by molar-refractivity contribution is 5.72. The predicted octanol–water partition coefficient (Wildman–Crippen LogP) is -0.645. The minimum atomic E-state index is -0.411. The third kappa shape index (κ3) is 1.57. The molecule has 0 unspecified atom stereocenters. The monoisotopic (exact) mass is 278 g/mol. The van der Waals surface area contributed by atoms with Crippen molar-refractivity contribution in [2.75, 3.05) is 6.61 Å². The Morgan fingerprint density at radius 2 is 2.20 bits per heavy atom. The van der Waals surface area contributed by atoms with Crippen LogP contribution in [0.3, 0.4) is 0 Å². The fourth-order valence-corrected chi connectivity index (χ4v) is 2.34. The molecule has 3 rings (SSSR count). The Morgan fingerprint density at radius 3 is 2.90 bits per heavy atom. The predicted molar refractivity (Wildman–Crippen MR) is 70.8 cm³/mol. The molecule has 0 fully saturated rings. The second kappa shape index (κ2) is 4.26. The van der Waals surface area contributed by atoms with Gasteiger partial charge < -0.3 is 9.47 Å². The van der Waals surface area contributed by atoms with Gasteiger partial charge in [0.05, 0.1) is 12.8 Å². The van der Waals surface area contributed by atoms with Crippen LogP contribution < -0.4 is 16.0 Å². The van der Waals surface area contributed by atoms with Crippen molar-refractivity contribution in [1.29, 1.82) is 0 Å². The number of nitrogens with zero attached hydrogens (tertiary/aromatic N) is 4. The molecule has 0 N–H and O–H groups in total. The summed E-state index contributed by atoms with van der Waals surface area (Å²) in [5.41, 5.74) is -0.0940. The van der Waals surface area contributed by atoms with E-state index in [1.54, 1.807) is 11.6 Å². The first-order valence-corrected chi connectivity index (χ1v) is 6.10. The normalized spacial score (nSPS) is 17.0. The van der Waals surface area contributed by atoms with Crippen molar-refractivity contribution in [3.05, 3.63) is 33.7 Å². The van der Waals surface area contributed by atoms with Gasteiger partial charge in [0.15, 0.2) is 17.3 Å². The van der Waals surface area contributed by atoms with Crippen LogP contribution in [0.15, 0.2) is 22.4 Å². The average molecular weight is 278 g/mol. The number of ether oxygens (including phenoxy) is 2. The van der Waals surface area contributed by atoms with E-state index in [1.807, 2.05) is 0 Å². The van der Waals surface area contributed by atoms with Crippen LogP contribution in [0.5, 0.6) is 6.01 Å². The summed E-state index contributed by atoms with van der Waals surface area (Å²) in [6.07, 6.45) is 1.12. The van der Waals surface area contributed by atoms with Gasteiger partial charge in [0.1, 0.15) is 6.61 Å². The Kier molecular flexibility index (Phi) is 2.66. The summed E-state index contributed by atoms with van der Waals surface area (Å²) < 4.78 is 14.8. The molecule has 0 spiro atoms. The topological polar surface area (TPSA) is 80.3 Å². The van der Waals surface area contributed by atoms with E-state index >= 15 is 0 Å². The van der Waals surface area contributed by atoms with Crippen LogP contribution in [0.1, 0.15) is 0 Å². The van der Waals surface area contributed by atoms with Gasteiger partial charge in [-0.05, 0) is 0 Å². The molecule has 1 atom stereocenters.